The van der Waals surface area contributed by atoms with E-state index in [4.69, 9.17) is 11.6 Å². The van der Waals surface area contributed by atoms with Gasteiger partial charge < -0.3 is 20.1 Å². The first-order valence-electron chi connectivity index (χ1n) is 13.1. The van der Waals surface area contributed by atoms with Crippen LogP contribution in [0.4, 0.5) is 28.8 Å². The molecule has 3 heterocycles. The summed E-state index contributed by atoms with van der Waals surface area (Å²) in [5.74, 6) is 0.915. The zero-order chi connectivity index (χ0) is 26.0. The van der Waals surface area contributed by atoms with Crippen molar-refractivity contribution >= 4 is 52.9 Å². The SMILES string of the molecule is Cc1cc(N2CCC(N3CCCCC3)C2)ccc1Nc1ncc(Cl)c(Nc2ccccc2P(C)(C)=O)n1. The van der Waals surface area contributed by atoms with Crippen molar-refractivity contribution in [3.05, 3.63) is 59.2 Å². The number of piperidine rings is 1. The highest BCUT2D eigenvalue weighted by atomic mass is 35.5. The molecule has 3 aromatic rings. The second kappa shape index (κ2) is 11.0. The van der Waals surface area contributed by atoms with Crippen LogP contribution < -0.4 is 20.8 Å². The molecule has 0 saturated carbocycles. The highest BCUT2D eigenvalue weighted by Gasteiger charge is 2.28. The van der Waals surface area contributed by atoms with Crippen LogP contribution in [0, 0.1) is 6.92 Å². The standard InChI is InChI=1S/C28H36ClN6OP/c1-20-17-21(35-16-13-22(19-35)34-14-7-4-8-15-34)11-12-24(20)32-28-30-18-23(29)27(33-28)31-25-9-5-6-10-26(25)37(2,3)36/h5-6,9-12,17-18,22H,4,7-8,13-16,19H2,1-3H3,(H2,30,31,32,33). The van der Waals surface area contributed by atoms with E-state index < -0.39 is 7.14 Å². The normalized spacial score (nSPS) is 18.7. The number of aryl methyl sites for hydroxylation is 1. The van der Waals surface area contributed by atoms with Crippen molar-refractivity contribution in [2.45, 2.75) is 38.6 Å². The Kier molecular flexibility index (Phi) is 7.75. The van der Waals surface area contributed by atoms with Crippen LogP contribution in [-0.2, 0) is 4.57 Å². The number of hydrogen-bond donors (Lipinski definition) is 2. The van der Waals surface area contributed by atoms with Crippen LogP contribution in [0.15, 0.2) is 48.7 Å². The molecule has 2 aromatic carbocycles. The fraction of sp³-hybridized carbons (Fsp3) is 0.429. The molecule has 0 spiro atoms. The number of benzene rings is 2. The predicted molar refractivity (Wildman–Crippen MR) is 156 cm³/mol. The number of hydrogen-bond acceptors (Lipinski definition) is 7. The molecule has 0 bridgehead atoms. The Balaban J connectivity index is 1.29. The van der Waals surface area contributed by atoms with Gasteiger partial charge in [-0.05, 0) is 88.5 Å². The Morgan fingerprint density at radius 2 is 1.78 bits per heavy atom. The number of nitrogens with one attached hydrogen (secondary N) is 2. The highest BCUT2D eigenvalue weighted by molar-refractivity contribution is 7.70. The van der Waals surface area contributed by atoms with Crippen LogP contribution in [0.3, 0.4) is 0 Å². The summed E-state index contributed by atoms with van der Waals surface area (Å²) in [7, 11) is -2.48. The summed E-state index contributed by atoms with van der Waals surface area (Å²) in [5, 5.41) is 7.76. The van der Waals surface area contributed by atoms with Gasteiger partial charge in [0.2, 0.25) is 5.95 Å². The van der Waals surface area contributed by atoms with Crippen LogP contribution in [0.25, 0.3) is 0 Å². The van der Waals surface area contributed by atoms with Crippen molar-refractivity contribution < 1.29 is 4.57 Å². The van der Waals surface area contributed by atoms with E-state index in [-0.39, 0.29) is 0 Å². The van der Waals surface area contributed by atoms with E-state index in [1.807, 2.05) is 24.3 Å². The zero-order valence-electron chi connectivity index (χ0n) is 21.9. The van der Waals surface area contributed by atoms with E-state index in [2.05, 4.69) is 55.5 Å². The third-order valence-corrected chi connectivity index (χ3v) is 9.20. The van der Waals surface area contributed by atoms with Gasteiger partial charge in [-0.25, -0.2) is 4.98 Å². The zero-order valence-corrected chi connectivity index (χ0v) is 23.5. The molecule has 7 nitrogen and oxygen atoms in total. The molecule has 1 unspecified atom stereocenters. The van der Waals surface area contributed by atoms with Crippen molar-refractivity contribution in [1.29, 1.82) is 0 Å². The second-order valence-corrected chi connectivity index (χ2v) is 14.1. The summed E-state index contributed by atoms with van der Waals surface area (Å²) < 4.78 is 12.8. The van der Waals surface area contributed by atoms with Crippen LogP contribution in [0.5, 0.6) is 0 Å². The fourth-order valence-corrected chi connectivity index (χ4v) is 6.65. The molecule has 2 saturated heterocycles. The Hall–Kier alpha value is -2.60. The van der Waals surface area contributed by atoms with Gasteiger partial charge in [-0.3, -0.25) is 4.90 Å². The minimum Gasteiger partial charge on any atom is -0.370 e. The van der Waals surface area contributed by atoms with Crippen LogP contribution in [-0.4, -0.2) is 60.4 Å². The number of halogens is 1. The molecule has 2 aliphatic heterocycles. The first kappa shape index (κ1) is 26.0. The summed E-state index contributed by atoms with van der Waals surface area (Å²) in [4.78, 5) is 14.2. The van der Waals surface area contributed by atoms with E-state index in [0.717, 1.165) is 35.3 Å². The smallest absolute Gasteiger partial charge is 0.229 e. The lowest BCUT2D eigenvalue weighted by atomic mass is 10.1. The van der Waals surface area contributed by atoms with Gasteiger partial charge in [0.1, 0.15) is 12.2 Å². The maximum Gasteiger partial charge on any atom is 0.229 e. The first-order chi connectivity index (χ1) is 17.8. The summed E-state index contributed by atoms with van der Waals surface area (Å²) in [5.41, 5.74) is 4.09. The van der Waals surface area contributed by atoms with E-state index >= 15 is 0 Å². The molecule has 196 valence electrons. The molecular weight excluding hydrogens is 503 g/mol. The fourth-order valence-electron chi connectivity index (χ4n) is 5.35. The molecule has 2 N–H and O–H groups in total. The predicted octanol–water partition coefficient (Wildman–Crippen LogP) is 6.24. The van der Waals surface area contributed by atoms with Gasteiger partial charge in [0, 0.05) is 35.8 Å². The van der Waals surface area contributed by atoms with Gasteiger partial charge >= 0.3 is 0 Å². The van der Waals surface area contributed by atoms with Crippen LogP contribution in [0.1, 0.15) is 31.2 Å². The maximum atomic E-state index is 12.8. The molecule has 1 atom stereocenters. The molecule has 2 aliphatic rings. The summed E-state index contributed by atoms with van der Waals surface area (Å²) in [6, 6.07) is 14.7. The Labute approximate surface area is 225 Å². The molecule has 1 aromatic heterocycles. The molecule has 0 amide bonds. The highest BCUT2D eigenvalue weighted by Crippen LogP contribution is 2.38. The third kappa shape index (κ3) is 6.11. The lowest BCUT2D eigenvalue weighted by Gasteiger charge is -2.32. The number of rotatable bonds is 7. The van der Waals surface area contributed by atoms with Gasteiger partial charge in [-0.1, -0.05) is 30.2 Å². The van der Waals surface area contributed by atoms with Crippen molar-refractivity contribution in [3.63, 3.8) is 0 Å². The van der Waals surface area contributed by atoms with Crippen LogP contribution >= 0.6 is 18.7 Å². The molecular formula is C28H36ClN6OP. The average Bonchev–Trinajstić information content (AvgIpc) is 3.38. The number of nitrogens with zero attached hydrogens (tertiary/aromatic N) is 4. The van der Waals surface area contributed by atoms with Gasteiger partial charge in [-0.15, -0.1) is 0 Å². The minimum atomic E-state index is -2.48. The summed E-state index contributed by atoms with van der Waals surface area (Å²) in [6.07, 6.45) is 6.87. The van der Waals surface area contributed by atoms with Gasteiger partial charge in [0.15, 0.2) is 5.82 Å². The Bertz CT molecular complexity index is 1310. The lowest BCUT2D eigenvalue weighted by Crippen LogP contribution is -2.40. The van der Waals surface area contributed by atoms with E-state index in [1.165, 1.54) is 44.5 Å². The summed E-state index contributed by atoms with van der Waals surface area (Å²) in [6.45, 7) is 10.3. The molecule has 9 heteroatoms. The van der Waals surface area contributed by atoms with E-state index in [0.29, 0.717) is 22.8 Å². The minimum absolute atomic E-state index is 0.395. The van der Waals surface area contributed by atoms with Crippen molar-refractivity contribution in [2.24, 2.45) is 0 Å². The average molecular weight is 539 g/mol. The number of likely N-dealkylation sites (tertiary alicyclic amines) is 1. The van der Waals surface area contributed by atoms with Crippen LogP contribution in [0.2, 0.25) is 5.02 Å². The van der Waals surface area contributed by atoms with E-state index in [1.54, 1.807) is 19.5 Å². The van der Waals surface area contributed by atoms with Gasteiger partial charge in [0.05, 0.1) is 11.9 Å². The van der Waals surface area contributed by atoms with E-state index in [9.17, 15) is 4.57 Å². The first-order valence-corrected chi connectivity index (χ1v) is 16.1. The van der Waals surface area contributed by atoms with Gasteiger partial charge in [-0.2, -0.15) is 4.98 Å². The summed E-state index contributed by atoms with van der Waals surface area (Å²) >= 11 is 6.41. The molecule has 0 radical (unpaired) electrons. The monoisotopic (exact) mass is 538 g/mol. The maximum absolute atomic E-state index is 12.8. The quantitative estimate of drug-likeness (QED) is 0.345. The number of aromatic nitrogens is 2. The number of anilines is 5. The third-order valence-electron chi connectivity index (χ3n) is 7.37. The van der Waals surface area contributed by atoms with Crippen molar-refractivity contribution in [3.8, 4) is 0 Å². The lowest BCUT2D eigenvalue weighted by molar-refractivity contribution is 0.175. The molecule has 0 aliphatic carbocycles. The van der Waals surface area contributed by atoms with Gasteiger partial charge in [0.25, 0.3) is 0 Å². The second-order valence-electron chi connectivity index (χ2n) is 10.5. The Morgan fingerprint density at radius 1 is 1.00 bits per heavy atom. The molecule has 5 rings (SSSR count). The number of para-hydroxylation sites is 1. The van der Waals surface area contributed by atoms with Crippen molar-refractivity contribution in [1.82, 2.24) is 14.9 Å². The topological polar surface area (TPSA) is 73.4 Å². The van der Waals surface area contributed by atoms with Crippen molar-refractivity contribution in [2.75, 3.05) is 55.0 Å². The largest absolute Gasteiger partial charge is 0.370 e. The molecule has 2 fully saturated rings. The molecule has 37 heavy (non-hydrogen) atoms. The Morgan fingerprint density at radius 3 is 2.54 bits per heavy atom.